The van der Waals surface area contributed by atoms with Crippen LogP contribution in [0.3, 0.4) is 0 Å². The van der Waals surface area contributed by atoms with Crippen LogP contribution in [0.4, 0.5) is 0 Å². The van der Waals surface area contributed by atoms with Gasteiger partial charge in [-0.05, 0) is 43.6 Å². The number of nitrogens with one attached hydrogen (secondary N) is 1. The van der Waals surface area contributed by atoms with Gasteiger partial charge in [-0.2, -0.15) is 0 Å². The molecule has 0 bridgehead atoms. The molecular formula is C20H26N4S. The fourth-order valence-electron chi connectivity index (χ4n) is 3.98. The van der Waals surface area contributed by atoms with Gasteiger partial charge < -0.3 is 11.1 Å². The molecule has 2 aromatic rings. The first-order valence-corrected chi connectivity index (χ1v) is 10.2. The minimum Gasteiger partial charge on any atom is -0.370 e. The van der Waals surface area contributed by atoms with Gasteiger partial charge in [0.1, 0.15) is 5.01 Å². The normalized spacial score (nSPS) is 21.3. The summed E-state index contributed by atoms with van der Waals surface area (Å²) < 4.78 is 0. The molecule has 132 valence electrons. The second-order valence-corrected chi connectivity index (χ2v) is 8.32. The monoisotopic (exact) mass is 354 g/mol. The topological polar surface area (TPSA) is 63.3 Å². The van der Waals surface area contributed by atoms with Gasteiger partial charge >= 0.3 is 0 Å². The molecule has 4 nitrogen and oxygen atoms in total. The van der Waals surface area contributed by atoms with Crippen LogP contribution in [0.2, 0.25) is 0 Å². The second-order valence-electron chi connectivity index (χ2n) is 7.16. The van der Waals surface area contributed by atoms with E-state index in [1.54, 1.807) is 0 Å². The minimum absolute atomic E-state index is 0.514. The first-order chi connectivity index (χ1) is 12.3. The Morgan fingerprint density at radius 3 is 2.80 bits per heavy atom. The number of hydrogen-bond acceptors (Lipinski definition) is 3. The lowest BCUT2D eigenvalue weighted by Crippen LogP contribution is -2.38. The molecule has 5 heteroatoms. The van der Waals surface area contributed by atoms with Crippen molar-refractivity contribution in [2.75, 3.05) is 0 Å². The molecule has 0 amide bonds. The molecule has 1 heterocycles. The van der Waals surface area contributed by atoms with Crippen molar-refractivity contribution in [1.82, 2.24) is 10.3 Å². The maximum atomic E-state index is 6.04. The summed E-state index contributed by atoms with van der Waals surface area (Å²) >= 11 is 1.82. The number of aliphatic imine (C=N–C) groups is 1. The van der Waals surface area contributed by atoms with Crippen LogP contribution >= 0.6 is 11.3 Å². The molecule has 2 aliphatic rings. The van der Waals surface area contributed by atoms with Crippen LogP contribution in [-0.2, 0) is 19.4 Å². The molecule has 1 saturated carbocycles. The van der Waals surface area contributed by atoms with Crippen molar-refractivity contribution in [3.05, 3.63) is 51.5 Å². The van der Waals surface area contributed by atoms with Crippen LogP contribution in [0.25, 0.3) is 0 Å². The van der Waals surface area contributed by atoms with Gasteiger partial charge in [0.25, 0.3) is 0 Å². The van der Waals surface area contributed by atoms with Gasteiger partial charge in [-0.1, -0.05) is 43.2 Å². The lowest BCUT2D eigenvalue weighted by molar-refractivity contribution is 0.584. The molecule has 25 heavy (non-hydrogen) atoms. The number of nitrogens with zero attached hydrogens (tertiary/aromatic N) is 2. The van der Waals surface area contributed by atoms with Gasteiger partial charge in [0.05, 0.1) is 12.2 Å². The standard InChI is InChI=1S/C20H26N4S/c21-20(23-16-8-4-5-9-16)22-13-19-24-17-11-10-15(12-18(17)25-19)14-6-2-1-3-7-14/h1-3,6-7,15-16H,4-5,8-13H2,(H3,21,22,23). The highest BCUT2D eigenvalue weighted by Gasteiger charge is 2.23. The number of fused-ring (bicyclic) bond motifs is 1. The Morgan fingerprint density at radius 1 is 1.20 bits per heavy atom. The maximum Gasteiger partial charge on any atom is 0.189 e. The van der Waals surface area contributed by atoms with E-state index in [1.807, 2.05) is 11.3 Å². The van der Waals surface area contributed by atoms with Crippen molar-refractivity contribution >= 4 is 17.3 Å². The minimum atomic E-state index is 0.514. The molecule has 0 radical (unpaired) electrons. The van der Waals surface area contributed by atoms with Gasteiger partial charge in [0.15, 0.2) is 5.96 Å². The van der Waals surface area contributed by atoms with E-state index in [0.29, 0.717) is 24.5 Å². The SMILES string of the molecule is NC(=NCc1nc2c(s1)CC(c1ccccc1)CC2)NC1CCCC1. The number of aromatic nitrogens is 1. The zero-order chi connectivity index (χ0) is 17.1. The molecule has 1 fully saturated rings. The van der Waals surface area contributed by atoms with Crippen LogP contribution in [-0.4, -0.2) is 17.0 Å². The number of aryl methyl sites for hydroxylation is 1. The summed E-state index contributed by atoms with van der Waals surface area (Å²) in [7, 11) is 0. The summed E-state index contributed by atoms with van der Waals surface area (Å²) in [4.78, 5) is 10.8. The highest BCUT2D eigenvalue weighted by Crippen LogP contribution is 2.35. The van der Waals surface area contributed by atoms with Gasteiger partial charge in [-0.25, -0.2) is 9.98 Å². The molecule has 1 aromatic carbocycles. The smallest absolute Gasteiger partial charge is 0.189 e. The summed E-state index contributed by atoms with van der Waals surface area (Å²) in [6, 6.07) is 11.4. The van der Waals surface area contributed by atoms with Crippen LogP contribution in [0.5, 0.6) is 0 Å². The number of nitrogens with two attached hydrogens (primary N) is 1. The lowest BCUT2D eigenvalue weighted by Gasteiger charge is -2.21. The summed E-state index contributed by atoms with van der Waals surface area (Å²) in [6.07, 6.45) is 8.39. The van der Waals surface area contributed by atoms with E-state index in [4.69, 9.17) is 10.7 Å². The average Bonchev–Trinajstić information content (AvgIpc) is 3.29. The van der Waals surface area contributed by atoms with E-state index in [9.17, 15) is 0 Å². The molecule has 0 saturated heterocycles. The Hall–Kier alpha value is -1.88. The third-order valence-electron chi connectivity index (χ3n) is 5.35. The van der Waals surface area contributed by atoms with Gasteiger partial charge in [-0.3, -0.25) is 0 Å². The summed E-state index contributed by atoms with van der Waals surface area (Å²) in [5, 5.41) is 4.44. The third-order valence-corrected chi connectivity index (χ3v) is 6.45. The van der Waals surface area contributed by atoms with E-state index < -0.39 is 0 Å². The molecule has 2 aliphatic carbocycles. The number of rotatable bonds is 4. The molecule has 3 N–H and O–H groups in total. The number of benzene rings is 1. The summed E-state index contributed by atoms with van der Waals surface area (Å²) in [5.74, 6) is 1.20. The molecule has 4 rings (SSSR count). The molecular weight excluding hydrogens is 328 g/mol. The van der Waals surface area contributed by atoms with E-state index >= 15 is 0 Å². The number of guanidine groups is 1. The second kappa shape index (κ2) is 7.56. The molecule has 1 aromatic heterocycles. The predicted molar refractivity (Wildman–Crippen MR) is 104 cm³/mol. The van der Waals surface area contributed by atoms with E-state index in [-0.39, 0.29) is 0 Å². The van der Waals surface area contributed by atoms with Crippen molar-refractivity contribution in [3.63, 3.8) is 0 Å². The fourth-order valence-corrected chi connectivity index (χ4v) is 5.10. The molecule has 1 unspecified atom stereocenters. The summed E-state index contributed by atoms with van der Waals surface area (Å²) in [5.41, 5.74) is 8.77. The predicted octanol–water partition coefficient (Wildman–Crippen LogP) is 3.76. The highest BCUT2D eigenvalue weighted by atomic mass is 32.1. The third kappa shape index (κ3) is 4.03. The first-order valence-electron chi connectivity index (χ1n) is 9.37. The zero-order valence-corrected chi connectivity index (χ0v) is 15.4. The van der Waals surface area contributed by atoms with Crippen molar-refractivity contribution in [2.45, 2.75) is 63.5 Å². The Kier molecular flexibility index (Phi) is 5.02. The van der Waals surface area contributed by atoms with Gasteiger partial charge in [0, 0.05) is 10.9 Å². The van der Waals surface area contributed by atoms with Crippen LogP contribution in [0.1, 0.15) is 59.2 Å². The zero-order valence-electron chi connectivity index (χ0n) is 14.6. The highest BCUT2D eigenvalue weighted by molar-refractivity contribution is 7.11. The maximum absolute atomic E-state index is 6.04. The van der Waals surface area contributed by atoms with E-state index in [1.165, 1.54) is 48.2 Å². The Labute approximate surface area is 153 Å². The fraction of sp³-hybridized carbons (Fsp3) is 0.500. The van der Waals surface area contributed by atoms with Crippen molar-refractivity contribution in [2.24, 2.45) is 10.7 Å². The Morgan fingerprint density at radius 2 is 2.00 bits per heavy atom. The lowest BCUT2D eigenvalue weighted by atomic mass is 9.85. The van der Waals surface area contributed by atoms with E-state index in [2.05, 4.69) is 40.6 Å². The number of thiazole rings is 1. The Balaban J connectivity index is 1.38. The van der Waals surface area contributed by atoms with Crippen molar-refractivity contribution in [1.29, 1.82) is 0 Å². The largest absolute Gasteiger partial charge is 0.370 e. The van der Waals surface area contributed by atoms with Crippen molar-refractivity contribution < 1.29 is 0 Å². The molecule has 0 aliphatic heterocycles. The number of hydrogen-bond donors (Lipinski definition) is 2. The van der Waals surface area contributed by atoms with E-state index in [0.717, 1.165) is 17.8 Å². The van der Waals surface area contributed by atoms with Crippen LogP contribution in [0, 0.1) is 0 Å². The van der Waals surface area contributed by atoms with Crippen molar-refractivity contribution in [3.8, 4) is 0 Å². The van der Waals surface area contributed by atoms with Gasteiger partial charge in [-0.15, -0.1) is 11.3 Å². The van der Waals surface area contributed by atoms with Gasteiger partial charge in [0.2, 0.25) is 0 Å². The quantitative estimate of drug-likeness (QED) is 0.649. The summed E-state index contributed by atoms with van der Waals surface area (Å²) in [6.45, 7) is 0.596. The van der Waals surface area contributed by atoms with Crippen LogP contribution < -0.4 is 11.1 Å². The average molecular weight is 355 g/mol. The van der Waals surface area contributed by atoms with Crippen LogP contribution in [0.15, 0.2) is 35.3 Å². The molecule has 1 atom stereocenters. The molecule has 0 spiro atoms. The Bertz CT molecular complexity index is 731. The first kappa shape index (κ1) is 16.6.